The number of sulfone groups is 1. The van der Waals surface area contributed by atoms with Gasteiger partial charge in [0.25, 0.3) is 0 Å². The molecular weight excluding hydrogens is 369 g/mol. The zero-order chi connectivity index (χ0) is 17.3. The van der Waals surface area contributed by atoms with Crippen molar-refractivity contribution in [2.45, 2.75) is 15.6 Å². The van der Waals surface area contributed by atoms with Crippen molar-refractivity contribution in [3.05, 3.63) is 23.1 Å². The standard InChI is InChI=1S/C13H15F3N2O2S3/c1-21-8-6-17-11(18-7-8)5-9(13(14,15)16)10-3-4-12(22-10)23(2,19)20/h3-5,8H,6-7H2,1-2H3,(H,17,18)/b9-5+. The zero-order valence-corrected chi connectivity index (χ0v) is 14.8. The minimum absolute atomic E-state index is 0.0939. The molecule has 1 atom stereocenters. The largest absolute Gasteiger partial charge is 0.417 e. The molecule has 128 valence electrons. The molecule has 1 unspecified atom stereocenters. The van der Waals surface area contributed by atoms with Gasteiger partial charge in [0.1, 0.15) is 10.0 Å². The van der Waals surface area contributed by atoms with Crippen LogP contribution in [-0.4, -0.2) is 51.3 Å². The molecule has 1 aromatic rings. The molecule has 10 heteroatoms. The lowest BCUT2D eigenvalue weighted by atomic mass is 10.2. The van der Waals surface area contributed by atoms with E-state index in [0.29, 0.717) is 24.4 Å². The van der Waals surface area contributed by atoms with Gasteiger partial charge in [-0.1, -0.05) is 0 Å². The van der Waals surface area contributed by atoms with Gasteiger partial charge in [-0.25, -0.2) is 8.42 Å². The molecule has 0 aliphatic carbocycles. The van der Waals surface area contributed by atoms with Crippen LogP contribution >= 0.6 is 23.1 Å². The number of nitrogens with zero attached hydrogens (tertiary/aromatic N) is 1. The van der Waals surface area contributed by atoms with Crippen LogP contribution in [0.1, 0.15) is 4.88 Å². The van der Waals surface area contributed by atoms with Gasteiger partial charge in [-0.15, -0.1) is 11.3 Å². The molecule has 0 radical (unpaired) electrons. The van der Waals surface area contributed by atoms with Crippen LogP contribution in [0.15, 0.2) is 27.4 Å². The van der Waals surface area contributed by atoms with Crippen LogP contribution in [0, 0.1) is 0 Å². The third-order valence-corrected chi connectivity index (χ3v) is 7.03. The van der Waals surface area contributed by atoms with Gasteiger partial charge in [0.15, 0.2) is 9.84 Å². The predicted octanol–water partition coefficient (Wildman–Crippen LogP) is 2.83. The fourth-order valence-electron chi connectivity index (χ4n) is 1.89. The third-order valence-electron chi connectivity index (χ3n) is 3.11. The van der Waals surface area contributed by atoms with E-state index in [1.54, 1.807) is 11.8 Å². The van der Waals surface area contributed by atoms with E-state index in [4.69, 9.17) is 0 Å². The Morgan fingerprint density at radius 3 is 2.61 bits per heavy atom. The number of thiophene rings is 1. The summed E-state index contributed by atoms with van der Waals surface area (Å²) in [5, 5.41) is 3.10. The van der Waals surface area contributed by atoms with Crippen molar-refractivity contribution in [3.63, 3.8) is 0 Å². The number of nitrogens with one attached hydrogen (secondary N) is 1. The maximum Gasteiger partial charge on any atom is 0.417 e. The van der Waals surface area contributed by atoms with E-state index in [1.165, 1.54) is 12.1 Å². The molecule has 1 aliphatic heterocycles. The van der Waals surface area contributed by atoms with Crippen molar-refractivity contribution in [3.8, 4) is 0 Å². The molecule has 4 nitrogen and oxygen atoms in total. The number of thioether (sulfide) groups is 1. The molecule has 0 fully saturated rings. The highest BCUT2D eigenvalue weighted by Gasteiger charge is 2.36. The number of allylic oxidation sites excluding steroid dienone is 1. The first kappa shape index (κ1) is 18.3. The van der Waals surface area contributed by atoms with Gasteiger partial charge in [-0.05, 0) is 24.5 Å². The summed E-state index contributed by atoms with van der Waals surface area (Å²) in [6.45, 7) is 0.991. The second kappa shape index (κ2) is 6.86. The molecule has 0 saturated carbocycles. The highest BCUT2D eigenvalue weighted by Crippen LogP contribution is 2.38. The lowest BCUT2D eigenvalue weighted by molar-refractivity contribution is -0.0686. The highest BCUT2D eigenvalue weighted by molar-refractivity contribution is 7.99. The highest BCUT2D eigenvalue weighted by atomic mass is 32.2. The molecule has 0 bridgehead atoms. The van der Waals surface area contributed by atoms with Gasteiger partial charge in [0.2, 0.25) is 0 Å². The van der Waals surface area contributed by atoms with E-state index < -0.39 is 21.6 Å². The fourth-order valence-corrected chi connectivity index (χ4v) is 4.32. The van der Waals surface area contributed by atoms with Crippen molar-refractivity contribution >= 4 is 44.3 Å². The maximum absolute atomic E-state index is 13.3. The van der Waals surface area contributed by atoms with E-state index in [0.717, 1.165) is 12.3 Å². The number of rotatable bonds is 4. The van der Waals surface area contributed by atoms with Crippen LogP contribution in [0.5, 0.6) is 0 Å². The Morgan fingerprint density at radius 2 is 2.17 bits per heavy atom. The molecule has 0 aromatic carbocycles. The number of halogens is 3. The van der Waals surface area contributed by atoms with E-state index in [-0.39, 0.29) is 20.2 Å². The monoisotopic (exact) mass is 384 g/mol. The van der Waals surface area contributed by atoms with Crippen molar-refractivity contribution in [2.24, 2.45) is 4.99 Å². The van der Waals surface area contributed by atoms with Gasteiger partial charge in [0, 0.05) is 22.9 Å². The molecule has 2 heterocycles. The van der Waals surface area contributed by atoms with Crippen LogP contribution < -0.4 is 5.32 Å². The van der Waals surface area contributed by atoms with Crippen LogP contribution in [-0.2, 0) is 9.84 Å². The molecule has 2 rings (SSSR count). The predicted molar refractivity (Wildman–Crippen MR) is 89.1 cm³/mol. The number of hydrogen-bond donors (Lipinski definition) is 1. The molecular formula is C13H15F3N2O2S3. The van der Waals surface area contributed by atoms with Crippen LogP contribution in [0.25, 0.3) is 5.57 Å². The molecule has 1 aromatic heterocycles. The van der Waals surface area contributed by atoms with Crippen molar-refractivity contribution in [1.29, 1.82) is 0 Å². The quantitative estimate of drug-likeness (QED) is 0.867. The first-order chi connectivity index (χ1) is 10.6. The van der Waals surface area contributed by atoms with Crippen LogP contribution in [0.4, 0.5) is 13.2 Å². The minimum atomic E-state index is -4.60. The van der Waals surface area contributed by atoms with Gasteiger partial charge < -0.3 is 5.32 Å². The Bertz CT molecular complexity index is 736. The second-order valence-electron chi connectivity index (χ2n) is 4.91. The smallest absolute Gasteiger partial charge is 0.369 e. The van der Waals surface area contributed by atoms with E-state index in [2.05, 4.69) is 10.3 Å². The Balaban J connectivity index is 2.37. The summed E-state index contributed by atoms with van der Waals surface area (Å²) in [6.07, 6.45) is -0.772. The fraction of sp³-hybridized carbons (Fsp3) is 0.462. The molecule has 1 aliphatic rings. The third kappa shape index (κ3) is 4.74. The number of hydrogen-bond acceptors (Lipinski definition) is 6. The molecule has 1 N–H and O–H groups in total. The Morgan fingerprint density at radius 1 is 1.48 bits per heavy atom. The average molecular weight is 384 g/mol. The lowest BCUT2D eigenvalue weighted by Gasteiger charge is -2.20. The summed E-state index contributed by atoms with van der Waals surface area (Å²) in [7, 11) is -3.53. The second-order valence-corrected chi connectivity index (χ2v) is 9.38. The van der Waals surface area contributed by atoms with E-state index >= 15 is 0 Å². The van der Waals surface area contributed by atoms with Gasteiger partial charge in [0.05, 0.1) is 12.1 Å². The maximum atomic E-state index is 13.3. The van der Waals surface area contributed by atoms with E-state index in [9.17, 15) is 21.6 Å². The zero-order valence-electron chi connectivity index (χ0n) is 12.3. The summed E-state index contributed by atoms with van der Waals surface area (Å²) >= 11 is 2.20. The SMILES string of the molecule is CSC1CN=C(/C=C(\c2ccc(S(C)(=O)=O)s2)C(F)(F)F)NC1. The normalized spacial score (nSPS) is 20.1. The Labute approximate surface area is 140 Å². The summed E-state index contributed by atoms with van der Waals surface area (Å²) in [4.78, 5) is 3.97. The lowest BCUT2D eigenvalue weighted by Crippen LogP contribution is -2.36. The number of aliphatic imine (C=N–C) groups is 1. The van der Waals surface area contributed by atoms with Crippen molar-refractivity contribution in [2.75, 3.05) is 25.6 Å². The van der Waals surface area contributed by atoms with Crippen LogP contribution in [0.2, 0.25) is 0 Å². The van der Waals surface area contributed by atoms with Crippen molar-refractivity contribution < 1.29 is 21.6 Å². The number of amidine groups is 1. The summed E-state index contributed by atoms with van der Waals surface area (Å²) < 4.78 is 62.7. The van der Waals surface area contributed by atoms with Gasteiger partial charge in [-0.3, -0.25) is 4.99 Å². The average Bonchev–Trinajstić information content (AvgIpc) is 2.93. The van der Waals surface area contributed by atoms with Crippen LogP contribution in [0.3, 0.4) is 0 Å². The first-order valence-corrected chi connectivity index (χ1v) is 10.5. The minimum Gasteiger partial charge on any atom is -0.369 e. The topological polar surface area (TPSA) is 58.5 Å². The summed E-state index contributed by atoms with van der Waals surface area (Å²) in [6, 6.07) is 2.36. The molecule has 23 heavy (non-hydrogen) atoms. The Hall–Kier alpha value is -1.00. The molecule has 0 spiro atoms. The van der Waals surface area contributed by atoms with Gasteiger partial charge >= 0.3 is 6.18 Å². The summed E-state index contributed by atoms with van der Waals surface area (Å²) in [5.74, 6) is 0.164. The van der Waals surface area contributed by atoms with E-state index in [1.807, 2.05) is 6.26 Å². The summed E-state index contributed by atoms with van der Waals surface area (Å²) in [5.41, 5.74) is -0.897. The van der Waals surface area contributed by atoms with Crippen molar-refractivity contribution in [1.82, 2.24) is 5.32 Å². The van der Waals surface area contributed by atoms with Gasteiger partial charge in [-0.2, -0.15) is 24.9 Å². The Kier molecular flexibility index (Phi) is 5.47. The first-order valence-electron chi connectivity index (χ1n) is 6.51. The molecule has 0 amide bonds. The number of alkyl halides is 3. The molecule has 0 saturated heterocycles.